The summed E-state index contributed by atoms with van der Waals surface area (Å²) < 4.78 is 4.70. The number of carbonyl (C=O) groups is 3. The summed E-state index contributed by atoms with van der Waals surface area (Å²) in [5.74, 6) is -2.68. The number of rotatable bonds is 11. The fourth-order valence-electron chi connectivity index (χ4n) is 4.11. The van der Waals surface area contributed by atoms with E-state index in [1.54, 1.807) is 13.0 Å². The van der Waals surface area contributed by atoms with Gasteiger partial charge in [-0.1, -0.05) is 60.7 Å². The molecule has 204 valence electrons. The number of nitrogens with zero attached hydrogens (tertiary/aromatic N) is 1. The van der Waals surface area contributed by atoms with Crippen molar-refractivity contribution in [2.24, 2.45) is 10.7 Å². The highest BCUT2D eigenvalue weighted by Gasteiger charge is 2.28. The van der Waals surface area contributed by atoms with E-state index in [0.717, 1.165) is 11.1 Å². The first kappa shape index (κ1) is 28.6. The average Bonchev–Trinajstić information content (AvgIpc) is 2.91. The first-order chi connectivity index (χ1) is 18.8. The Hall–Kier alpha value is -4.93. The fraction of sp³-hybridized carbons (Fsp3) is 0.250. The summed E-state index contributed by atoms with van der Waals surface area (Å²) in [6, 6.07) is 19.2. The largest absolute Gasteiger partial charge is 0.480 e. The van der Waals surface area contributed by atoms with E-state index in [2.05, 4.69) is 20.6 Å². The third-order valence-electron chi connectivity index (χ3n) is 5.84. The van der Waals surface area contributed by atoms with E-state index < -0.39 is 35.5 Å². The van der Waals surface area contributed by atoms with Gasteiger partial charge in [0.1, 0.15) is 11.6 Å². The molecule has 2 aromatic carbocycles. The van der Waals surface area contributed by atoms with Gasteiger partial charge in [-0.3, -0.25) is 19.9 Å². The number of aromatic amines is 1. The molecule has 0 saturated heterocycles. The number of benzene rings is 2. The van der Waals surface area contributed by atoms with Gasteiger partial charge in [0, 0.05) is 18.7 Å². The first-order valence-electron chi connectivity index (χ1n) is 12.4. The van der Waals surface area contributed by atoms with E-state index in [-0.39, 0.29) is 37.5 Å². The van der Waals surface area contributed by atoms with Crippen molar-refractivity contribution >= 4 is 23.9 Å². The molecule has 0 aliphatic rings. The smallest absolute Gasteiger partial charge is 0.413 e. The lowest BCUT2D eigenvalue weighted by Crippen LogP contribution is -2.43. The van der Waals surface area contributed by atoms with Gasteiger partial charge in [-0.2, -0.15) is 0 Å². The summed E-state index contributed by atoms with van der Waals surface area (Å²) in [5.41, 5.74) is 6.99. The Morgan fingerprint density at radius 3 is 2.21 bits per heavy atom. The second-order valence-electron chi connectivity index (χ2n) is 8.51. The number of nitrogens with one attached hydrogen (secondary N) is 3. The number of nitrogens with two attached hydrogens (primary N) is 1. The highest BCUT2D eigenvalue weighted by atomic mass is 16.5. The van der Waals surface area contributed by atoms with E-state index >= 15 is 0 Å². The minimum atomic E-state index is -1.29. The minimum absolute atomic E-state index is 0.0120. The number of H-pyrrole nitrogens is 1. The van der Waals surface area contributed by atoms with Crippen molar-refractivity contribution < 1.29 is 24.2 Å². The quantitative estimate of drug-likeness (QED) is 0.143. The lowest BCUT2D eigenvalue weighted by Gasteiger charge is -2.22. The maximum atomic E-state index is 13.4. The van der Waals surface area contributed by atoms with Crippen LogP contribution in [0.15, 0.2) is 82.7 Å². The van der Waals surface area contributed by atoms with Crippen molar-refractivity contribution in [2.75, 3.05) is 13.2 Å². The number of aliphatic imine (C=N–C) groups is 1. The Kier molecular flexibility index (Phi) is 10.4. The third-order valence-corrected chi connectivity index (χ3v) is 5.84. The third kappa shape index (κ3) is 8.03. The number of pyridine rings is 1. The highest BCUT2D eigenvalue weighted by molar-refractivity contribution is 5.98. The molecule has 0 spiro atoms. The SMILES string of the molecule is CCOC(=O)NC(N)=NCCC[C@H](NC(=O)c1c(C(c2ccccc2)c2ccccc2)cc[nH]c1=O)C(=O)O. The maximum Gasteiger partial charge on any atom is 0.413 e. The average molecular weight is 534 g/mol. The molecule has 1 aromatic heterocycles. The molecule has 3 rings (SSSR count). The second-order valence-corrected chi connectivity index (χ2v) is 8.51. The van der Waals surface area contributed by atoms with Crippen molar-refractivity contribution in [2.45, 2.75) is 31.7 Å². The van der Waals surface area contributed by atoms with Gasteiger partial charge >= 0.3 is 12.1 Å². The van der Waals surface area contributed by atoms with E-state index in [1.807, 2.05) is 60.7 Å². The number of guanidine groups is 1. The Labute approximate surface area is 225 Å². The van der Waals surface area contributed by atoms with Crippen molar-refractivity contribution in [3.05, 3.63) is 106 Å². The number of carbonyl (C=O) groups excluding carboxylic acids is 2. The van der Waals surface area contributed by atoms with Crippen molar-refractivity contribution in [3.8, 4) is 0 Å². The number of aliphatic carboxylic acids is 1. The Morgan fingerprint density at radius 2 is 1.64 bits per heavy atom. The highest BCUT2D eigenvalue weighted by Crippen LogP contribution is 2.32. The molecule has 0 unspecified atom stereocenters. The summed E-state index contributed by atoms with van der Waals surface area (Å²) in [6.07, 6.45) is 0.965. The maximum absolute atomic E-state index is 13.4. The van der Waals surface area contributed by atoms with Crippen LogP contribution in [0.4, 0.5) is 4.79 Å². The van der Waals surface area contributed by atoms with Gasteiger partial charge < -0.3 is 25.9 Å². The lowest BCUT2D eigenvalue weighted by molar-refractivity contribution is -0.139. The zero-order valence-electron chi connectivity index (χ0n) is 21.4. The number of carboxylic acids is 1. The topological polar surface area (TPSA) is 176 Å². The molecule has 0 fully saturated rings. The van der Waals surface area contributed by atoms with Crippen LogP contribution in [0.3, 0.4) is 0 Å². The minimum Gasteiger partial charge on any atom is -0.480 e. The van der Waals surface area contributed by atoms with Gasteiger partial charge in [-0.15, -0.1) is 0 Å². The number of carboxylic acid groups (broad SMARTS) is 1. The van der Waals surface area contributed by atoms with E-state index in [1.165, 1.54) is 6.20 Å². The summed E-state index contributed by atoms with van der Waals surface area (Å²) in [7, 11) is 0. The van der Waals surface area contributed by atoms with Gasteiger partial charge in [0.15, 0.2) is 5.96 Å². The van der Waals surface area contributed by atoms with Gasteiger partial charge in [0.2, 0.25) is 0 Å². The molecule has 0 bridgehead atoms. The molecule has 11 nitrogen and oxygen atoms in total. The van der Waals surface area contributed by atoms with Crippen LogP contribution in [0.1, 0.15) is 52.7 Å². The molecular weight excluding hydrogens is 502 g/mol. The number of amides is 2. The van der Waals surface area contributed by atoms with Gasteiger partial charge in [-0.25, -0.2) is 9.59 Å². The van der Waals surface area contributed by atoms with Crippen LogP contribution in [0.2, 0.25) is 0 Å². The van der Waals surface area contributed by atoms with Gasteiger partial charge in [0.05, 0.1) is 6.61 Å². The second kappa shape index (κ2) is 14.1. The van der Waals surface area contributed by atoms with Crippen LogP contribution < -0.4 is 21.9 Å². The molecule has 2 amide bonds. The summed E-state index contributed by atoms with van der Waals surface area (Å²) in [5, 5.41) is 14.4. The predicted octanol–water partition coefficient (Wildman–Crippen LogP) is 2.58. The Balaban J connectivity index is 1.82. The summed E-state index contributed by atoms with van der Waals surface area (Å²) in [4.78, 5) is 56.1. The Bertz CT molecular complexity index is 1320. The molecule has 11 heteroatoms. The van der Waals surface area contributed by atoms with Crippen LogP contribution in [0, 0.1) is 0 Å². The number of ether oxygens (including phenoxy) is 1. The van der Waals surface area contributed by atoms with Crippen LogP contribution in [-0.2, 0) is 9.53 Å². The van der Waals surface area contributed by atoms with Crippen molar-refractivity contribution in [3.63, 3.8) is 0 Å². The molecule has 0 saturated carbocycles. The molecule has 39 heavy (non-hydrogen) atoms. The standard InChI is InChI=1S/C28H31N5O6/c1-2-39-28(38)33-27(29)31-16-9-14-21(26(36)37)32-25(35)23-20(15-17-30-24(23)34)22(18-10-5-3-6-11-18)19-12-7-4-8-13-19/h3-8,10-13,15,17,21-22H,2,9,14,16H2,1H3,(H,30,34)(H,32,35)(H,36,37)(H3,29,31,33,38)/t21-/m0/s1. The number of hydrogen-bond donors (Lipinski definition) is 5. The molecular formula is C28H31N5O6. The predicted molar refractivity (Wildman–Crippen MR) is 146 cm³/mol. The molecule has 1 atom stereocenters. The monoisotopic (exact) mass is 533 g/mol. The van der Waals surface area contributed by atoms with Crippen molar-refractivity contribution in [1.82, 2.24) is 15.6 Å². The lowest BCUT2D eigenvalue weighted by atomic mass is 9.83. The van der Waals surface area contributed by atoms with Gasteiger partial charge in [0.25, 0.3) is 11.5 Å². The van der Waals surface area contributed by atoms with E-state index in [4.69, 9.17) is 10.5 Å². The van der Waals surface area contributed by atoms with Crippen LogP contribution in [-0.4, -0.2) is 53.2 Å². The summed E-state index contributed by atoms with van der Waals surface area (Å²) in [6.45, 7) is 1.91. The normalized spacial score (nSPS) is 12.0. The first-order valence-corrected chi connectivity index (χ1v) is 12.4. The Morgan fingerprint density at radius 1 is 1.03 bits per heavy atom. The molecule has 3 aromatic rings. The number of hydrogen-bond acceptors (Lipinski definition) is 6. The number of aromatic nitrogens is 1. The fourth-order valence-corrected chi connectivity index (χ4v) is 4.11. The van der Waals surface area contributed by atoms with E-state index in [9.17, 15) is 24.3 Å². The van der Waals surface area contributed by atoms with E-state index in [0.29, 0.717) is 5.56 Å². The molecule has 6 N–H and O–H groups in total. The van der Waals surface area contributed by atoms with Crippen LogP contribution >= 0.6 is 0 Å². The molecule has 1 heterocycles. The van der Waals surface area contributed by atoms with Crippen LogP contribution in [0.25, 0.3) is 0 Å². The molecule has 0 radical (unpaired) electrons. The number of alkyl carbamates (subject to hydrolysis) is 1. The van der Waals surface area contributed by atoms with Crippen molar-refractivity contribution in [1.29, 1.82) is 0 Å². The zero-order valence-corrected chi connectivity index (χ0v) is 21.4. The summed E-state index contributed by atoms with van der Waals surface area (Å²) >= 11 is 0. The molecule has 0 aliphatic heterocycles. The van der Waals surface area contributed by atoms with Gasteiger partial charge in [-0.05, 0) is 42.5 Å². The van der Waals surface area contributed by atoms with Crippen LogP contribution in [0.5, 0.6) is 0 Å². The zero-order chi connectivity index (χ0) is 28.2. The molecule has 0 aliphatic carbocycles.